The van der Waals surface area contributed by atoms with E-state index < -0.39 is 5.60 Å². The SMILES string of the molecule is CCCC1(O)CN(C(=O)C2(C)CCCC2)C1. The van der Waals surface area contributed by atoms with Crippen molar-refractivity contribution in [2.45, 2.75) is 58.0 Å². The zero-order valence-electron chi connectivity index (χ0n) is 10.5. The molecule has 0 unspecified atom stereocenters. The lowest BCUT2D eigenvalue weighted by Crippen LogP contribution is -2.65. The molecule has 16 heavy (non-hydrogen) atoms. The van der Waals surface area contributed by atoms with Crippen molar-refractivity contribution in [1.29, 1.82) is 0 Å². The van der Waals surface area contributed by atoms with Crippen LogP contribution in [0, 0.1) is 5.41 Å². The molecule has 0 bridgehead atoms. The van der Waals surface area contributed by atoms with Gasteiger partial charge in [-0.3, -0.25) is 4.79 Å². The highest BCUT2D eigenvalue weighted by molar-refractivity contribution is 5.83. The van der Waals surface area contributed by atoms with E-state index in [0.717, 1.165) is 25.7 Å². The molecule has 0 atom stereocenters. The second-order valence-corrected chi connectivity index (χ2v) is 5.90. The number of β-amino-alcohol motifs (C(OH)–C–C–N with tert-alkyl or cyclic N) is 1. The second-order valence-electron chi connectivity index (χ2n) is 5.90. The van der Waals surface area contributed by atoms with Crippen LogP contribution < -0.4 is 0 Å². The highest BCUT2D eigenvalue weighted by Gasteiger charge is 2.48. The Kier molecular flexibility index (Phi) is 2.99. The minimum Gasteiger partial charge on any atom is -0.386 e. The number of carbonyl (C=O) groups is 1. The maximum atomic E-state index is 12.3. The molecule has 1 aliphatic heterocycles. The third-order valence-corrected chi connectivity index (χ3v) is 4.20. The summed E-state index contributed by atoms with van der Waals surface area (Å²) in [6.45, 7) is 5.25. The predicted octanol–water partition coefficient (Wildman–Crippen LogP) is 1.94. The number of likely N-dealkylation sites (tertiary alicyclic amines) is 1. The van der Waals surface area contributed by atoms with Gasteiger partial charge in [-0.05, 0) is 19.3 Å². The van der Waals surface area contributed by atoms with E-state index in [1.54, 1.807) is 0 Å². The summed E-state index contributed by atoms with van der Waals surface area (Å²) >= 11 is 0. The number of carbonyl (C=O) groups excluding carboxylic acids is 1. The summed E-state index contributed by atoms with van der Waals surface area (Å²) in [4.78, 5) is 14.1. The van der Waals surface area contributed by atoms with Crippen LogP contribution in [-0.4, -0.2) is 34.6 Å². The lowest BCUT2D eigenvalue weighted by molar-refractivity contribution is -0.165. The van der Waals surface area contributed by atoms with Crippen molar-refractivity contribution >= 4 is 5.91 Å². The lowest BCUT2D eigenvalue weighted by atomic mass is 9.82. The van der Waals surface area contributed by atoms with Gasteiger partial charge in [-0.1, -0.05) is 33.1 Å². The molecule has 1 heterocycles. The number of nitrogens with zero attached hydrogens (tertiary/aromatic N) is 1. The van der Waals surface area contributed by atoms with Crippen LogP contribution >= 0.6 is 0 Å². The van der Waals surface area contributed by atoms with Crippen LogP contribution in [0.15, 0.2) is 0 Å². The Bertz CT molecular complexity index is 276. The summed E-state index contributed by atoms with van der Waals surface area (Å²) in [5.74, 6) is 0.269. The molecule has 2 aliphatic rings. The molecule has 1 amide bonds. The Balaban J connectivity index is 1.90. The standard InChI is InChI=1S/C13H23NO2/c1-3-6-13(16)9-14(10-13)11(15)12(2)7-4-5-8-12/h16H,3-10H2,1-2H3. The lowest BCUT2D eigenvalue weighted by Gasteiger charge is -2.49. The molecule has 0 aromatic rings. The molecule has 2 rings (SSSR count). The molecular weight excluding hydrogens is 202 g/mol. The van der Waals surface area contributed by atoms with Crippen molar-refractivity contribution in [2.24, 2.45) is 5.41 Å². The summed E-state index contributed by atoms with van der Waals surface area (Å²) < 4.78 is 0. The molecule has 3 heteroatoms. The minimum absolute atomic E-state index is 0.131. The van der Waals surface area contributed by atoms with Gasteiger partial charge in [0.15, 0.2) is 0 Å². The normalized spacial score (nSPS) is 26.6. The van der Waals surface area contributed by atoms with E-state index in [9.17, 15) is 9.90 Å². The maximum Gasteiger partial charge on any atom is 0.228 e. The Labute approximate surface area is 97.8 Å². The number of hydrogen-bond donors (Lipinski definition) is 1. The molecule has 1 saturated heterocycles. The average molecular weight is 225 g/mol. The largest absolute Gasteiger partial charge is 0.386 e. The van der Waals surface area contributed by atoms with Crippen LogP contribution in [0.4, 0.5) is 0 Å². The Morgan fingerprint density at radius 2 is 1.88 bits per heavy atom. The van der Waals surface area contributed by atoms with E-state index >= 15 is 0 Å². The summed E-state index contributed by atoms with van der Waals surface area (Å²) in [6.07, 6.45) is 6.19. The molecule has 0 aromatic carbocycles. The van der Waals surface area contributed by atoms with Crippen LogP contribution in [-0.2, 0) is 4.79 Å². The van der Waals surface area contributed by atoms with E-state index in [1.165, 1.54) is 12.8 Å². The van der Waals surface area contributed by atoms with Gasteiger partial charge in [-0.2, -0.15) is 0 Å². The number of hydrogen-bond acceptors (Lipinski definition) is 2. The van der Waals surface area contributed by atoms with Crippen LogP contribution in [0.2, 0.25) is 0 Å². The molecule has 3 nitrogen and oxygen atoms in total. The molecule has 2 fully saturated rings. The van der Waals surface area contributed by atoms with Gasteiger partial charge in [0.2, 0.25) is 5.91 Å². The Morgan fingerprint density at radius 3 is 2.38 bits per heavy atom. The maximum absolute atomic E-state index is 12.3. The third kappa shape index (κ3) is 1.97. The zero-order valence-corrected chi connectivity index (χ0v) is 10.5. The minimum atomic E-state index is -0.584. The van der Waals surface area contributed by atoms with Gasteiger partial charge >= 0.3 is 0 Å². The Morgan fingerprint density at radius 1 is 1.31 bits per heavy atom. The monoisotopic (exact) mass is 225 g/mol. The molecule has 1 saturated carbocycles. The molecular formula is C13H23NO2. The molecule has 0 aromatic heterocycles. The molecule has 0 radical (unpaired) electrons. The van der Waals surface area contributed by atoms with Crippen molar-refractivity contribution in [2.75, 3.05) is 13.1 Å². The molecule has 1 N–H and O–H groups in total. The quantitative estimate of drug-likeness (QED) is 0.797. The molecule has 92 valence electrons. The topological polar surface area (TPSA) is 40.5 Å². The molecule has 0 spiro atoms. The Hall–Kier alpha value is -0.570. The third-order valence-electron chi connectivity index (χ3n) is 4.20. The highest BCUT2D eigenvalue weighted by atomic mass is 16.3. The number of amides is 1. The fourth-order valence-corrected chi connectivity index (χ4v) is 3.18. The summed E-state index contributed by atoms with van der Waals surface area (Å²) in [5, 5.41) is 10.1. The number of aliphatic hydroxyl groups is 1. The van der Waals surface area contributed by atoms with Crippen molar-refractivity contribution in [3.8, 4) is 0 Å². The van der Waals surface area contributed by atoms with Gasteiger partial charge in [0.05, 0.1) is 18.7 Å². The molecule has 1 aliphatic carbocycles. The first kappa shape index (κ1) is 11.9. The first-order valence-electron chi connectivity index (χ1n) is 6.51. The van der Waals surface area contributed by atoms with E-state index in [0.29, 0.717) is 13.1 Å². The zero-order chi connectivity index (χ0) is 11.8. The van der Waals surface area contributed by atoms with Gasteiger partial charge in [0.25, 0.3) is 0 Å². The van der Waals surface area contributed by atoms with Crippen LogP contribution in [0.25, 0.3) is 0 Å². The smallest absolute Gasteiger partial charge is 0.228 e. The van der Waals surface area contributed by atoms with Crippen LogP contribution in [0.3, 0.4) is 0 Å². The van der Waals surface area contributed by atoms with Crippen molar-refractivity contribution < 1.29 is 9.90 Å². The van der Waals surface area contributed by atoms with E-state index in [4.69, 9.17) is 0 Å². The van der Waals surface area contributed by atoms with Gasteiger partial charge in [0.1, 0.15) is 0 Å². The van der Waals surface area contributed by atoms with Crippen LogP contribution in [0.5, 0.6) is 0 Å². The predicted molar refractivity (Wildman–Crippen MR) is 63.0 cm³/mol. The summed E-state index contributed by atoms with van der Waals surface area (Å²) in [5.41, 5.74) is -0.715. The van der Waals surface area contributed by atoms with Gasteiger partial charge in [0, 0.05) is 5.41 Å². The van der Waals surface area contributed by atoms with Gasteiger partial charge < -0.3 is 10.0 Å². The van der Waals surface area contributed by atoms with Crippen molar-refractivity contribution in [3.05, 3.63) is 0 Å². The van der Waals surface area contributed by atoms with Crippen molar-refractivity contribution in [1.82, 2.24) is 4.90 Å². The van der Waals surface area contributed by atoms with Crippen LogP contribution in [0.1, 0.15) is 52.4 Å². The average Bonchev–Trinajstić information content (AvgIpc) is 2.62. The van der Waals surface area contributed by atoms with E-state index in [2.05, 4.69) is 13.8 Å². The fraction of sp³-hybridized carbons (Fsp3) is 0.923. The fourth-order valence-electron chi connectivity index (χ4n) is 3.18. The van der Waals surface area contributed by atoms with E-state index in [-0.39, 0.29) is 11.3 Å². The van der Waals surface area contributed by atoms with Crippen molar-refractivity contribution in [3.63, 3.8) is 0 Å². The highest BCUT2D eigenvalue weighted by Crippen LogP contribution is 2.41. The summed E-state index contributed by atoms with van der Waals surface area (Å²) in [7, 11) is 0. The first-order valence-corrected chi connectivity index (χ1v) is 6.51. The summed E-state index contributed by atoms with van der Waals surface area (Å²) in [6, 6.07) is 0. The van der Waals surface area contributed by atoms with Gasteiger partial charge in [-0.25, -0.2) is 0 Å². The first-order chi connectivity index (χ1) is 7.49. The van der Waals surface area contributed by atoms with E-state index in [1.807, 2.05) is 4.90 Å². The van der Waals surface area contributed by atoms with Gasteiger partial charge in [-0.15, -0.1) is 0 Å². The second kappa shape index (κ2) is 4.02. The number of rotatable bonds is 3.